The lowest BCUT2D eigenvalue weighted by molar-refractivity contribution is -0.130. The molecule has 3 nitrogen and oxygen atoms in total. The van der Waals surface area contributed by atoms with E-state index in [0.29, 0.717) is 12.1 Å². The number of carbonyl (C=O) groups excluding carboxylic acids is 2. The molecule has 1 heterocycles. The van der Waals surface area contributed by atoms with Gasteiger partial charge in [-0.05, 0) is 23.9 Å². The van der Waals surface area contributed by atoms with E-state index in [-0.39, 0.29) is 24.5 Å². The van der Waals surface area contributed by atoms with E-state index < -0.39 is 0 Å². The summed E-state index contributed by atoms with van der Waals surface area (Å²) in [5, 5.41) is 2.03. The topological polar surface area (TPSA) is 37.4 Å². The van der Waals surface area contributed by atoms with Crippen molar-refractivity contribution in [1.82, 2.24) is 4.90 Å². The minimum atomic E-state index is 0.00656. The molecule has 21 heavy (non-hydrogen) atoms. The van der Waals surface area contributed by atoms with E-state index in [1.807, 2.05) is 30.5 Å². The SMILES string of the molecule is Cc1ccsc1CN(C)C(=O)CCC(=O)c1ccccc1. The van der Waals surface area contributed by atoms with E-state index in [1.54, 1.807) is 35.4 Å². The number of hydrogen-bond donors (Lipinski definition) is 0. The number of aryl methyl sites for hydroxylation is 1. The number of rotatable bonds is 6. The lowest BCUT2D eigenvalue weighted by Crippen LogP contribution is -2.26. The van der Waals surface area contributed by atoms with Gasteiger partial charge in [-0.2, -0.15) is 0 Å². The van der Waals surface area contributed by atoms with Gasteiger partial charge in [-0.25, -0.2) is 0 Å². The summed E-state index contributed by atoms with van der Waals surface area (Å²) < 4.78 is 0. The zero-order valence-corrected chi connectivity index (χ0v) is 13.2. The van der Waals surface area contributed by atoms with E-state index in [9.17, 15) is 9.59 Å². The van der Waals surface area contributed by atoms with Crippen LogP contribution in [0.25, 0.3) is 0 Å². The van der Waals surface area contributed by atoms with E-state index in [0.717, 1.165) is 0 Å². The number of carbonyl (C=O) groups is 2. The van der Waals surface area contributed by atoms with Gasteiger partial charge in [0.15, 0.2) is 5.78 Å². The van der Waals surface area contributed by atoms with Crippen LogP contribution >= 0.6 is 11.3 Å². The highest BCUT2D eigenvalue weighted by Crippen LogP contribution is 2.17. The van der Waals surface area contributed by atoms with Crippen molar-refractivity contribution in [2.75, 3.05) is 7.05 Å². The molecule has 0 saturated heterocycles. The number of ketones is 1. The van der Waals surface area contributed by atoms with Crippen molar-refractivity contribution < 1.29 is 9.59 Å². The van der Waals surface area contributed by atoms with Gasteiger partial charge in [-0.15, -0.1) is 11.3 Å². The lowest BCUT2D eigenvalue weighted by atomic mass is 10.1. The minimum absolute atomic E-state index is 0.00656. The molecule has 1 amide bonds. The van der Waals surface area contributed by atoms with Crippen LogP contribution in [0.1, 0.15) is 33.6 Å². The molecule has 4 heteroatoms. The van der Waals surface area contributed by atoms with Gasteiger partial charge in [0.05, 0.1) is 6.54 Å². The van der Waals surface area contributed by atoms with E-state index >= 15 is 0 Å². The van der Waals surface area contributed by atoms with Gasteiger partial charge in [0.1, 0.15) is 0 Å². The molecule has 0 saturated carbocycles. The van der Waals surface area contributed by atoms with E-state index in [2.05, 4.69) is 6.07 Å². The highest BCUT2D eigenvalue weighted by molar-refractivity contribution is 7.10. The second kappa shape index (κ2) is 7.18. The molecule has 0 atom stereocenters. The molecule has 0 bridgehead atoms. The summed E-state index contributed by atoms with van der Waals surface area (Å²) in [6.45, 7) is 2.66. The molecule has 0 spiro atoms. The second-order valence-corrected chi connectivity index (χ2v) is 6.07. The van der Waals surface area contributed by atoms with Crippen molar-refractivity contribution in [3.05, 3.63) is 57.8 Å². The first kappa shape index (κ1) is 15.4. The van der Waals surface area contributed by atoms with Crippen LogP contribution in [0.2, 0.25) is 0 Å². The van der Waals surface area contributed by atoms with Crippen LogP contribution in [-0.4, -0.2) is 23.6 Å². The van der Waals surface area contributed by atoms with Crippen LogP contribution < -0.4 is 0 Å². The molecule has 1 aromatic heterocycles. The first-order valence-electron chi connectivity index (χ1n) is 6.93. The van der Waals surface area contributed by atoms with Crippen molar-refractivity contribution in [2.45, 2.75) is 26.3 Å². The fourth-order valence-corrected chi connectivity index (χ4v) is 3.01. The summed E-state index contributed by atoms with van der Waals surface area (Å²) in [4.78, 5) is 27.0. The predicted octanol–water partition coefficient (Wildman–Crippen LogP) is 3.68. The van der Waals surface area contributed by atoms with E-state index in [1.165, 1.54) is 10.4 Å². The molecule has 1 aromatic carbocycles. The number of thiophene rings is 1. The molecule has 0 aliphatic rings. The molecular formula is C17H19NO2S. The number of hydrogen-bond acceptors (Lipinski definition) is 3. The Morgan fingerprint density at radius 1 is 1.10 bits per heavy atom. The summed E-state index contributed by atoms with van der Waals surface area (Å²) in [6.07, 6.45) is 0.519. The van der Waals surface area contributed by atoms with Gasteiger partial charge in [0.2, 0.25) is 5.91 Å². The molecule has 110 valence electrons. The Balaban J connectivity index is 1.84. The standard InChI is InChI=1S/C17H19NO2S/c1-13-10-11-21-16(13)12-18(2)17(20)9-8-15(19)14-6-4-3-5-7-14/h3-7,10-11H,8-9,12H2,1-2H3. The van der Waals surface area contributed by atoms with Gasteiger partial charge in [0, 0.05) is 30.3 Å². The largest absolute Gasteiger partial charge is 0.341 e. The summed E-state index contributed by atoms with van der Waals surface area (Å²) >= 11 is 1.66. The van der Waals surface area contributed by atoms with Crippen LogP contribution in [0.15, 0.2) is 41.8 Å². The average Bonchev–Trinajstić information content (AvgIpc) is 2.90. The minimum Gasteiger partial charge on any atom is -0.341 e. The smallest absolute Gasteiger partial charge is 0.223 e. The van der Waals surface area contributed by atoms with Crippen LogP contribution in [-0.2, 0) is 11.3 Å². The van der Waals surface area contributed by atoms with Gasteiger partial charge in [-0.3, -0.25) is 9.59 Å². The predicted molar refractivity (Wildman–Crippen MR) is 85.5 cm³/mol. The number of benzene rings is 1. The van der Waals surface area contributed by atoms with Crippen molar-refractivity contribution >= 4 is 23.0 Å². The summed E-state index contributed by atoms with van der Waals surface area (Å²) in [5.41, 5.74) is 1.88. The third kappa shape index (κ3) is 4.26. The molecule has 2 rings (SSSR count). The van der Waals surface area contributed by atoms with Crippen molar-refractivity contribution in [3.8, 4) is 0 Å². The fourth-order valence-electron chi connectivity index (χ4n) is 2.05. The van der Waals surface area contributed by atoms with Gasteiger partial charge in [0.25, 0.3) is 0 Å². The van der Waals surface area contributed by atoms with Crippen molar-refractivity contribution in [1.29, 1.82) is 0 Å². The average molecular weight is 301 g/mol. The maximum Gasteiger partial charge on any atom is 0.223 e. The highest BCUT2D eigenvalue weighted by Gasteiger charge is 2.14. The first-order chi connectivity index (χ1) is 10.1. The van der Waals surface area contributed by atoms with Gasteiger partial charge >= 0.3 is 0 Å². The number of amides is 1. The zero-order chi connectivity index (χ0) is 15.2. The Morgan fingerprint density at radius 3 is 2.43 bits per heavy atom. The molecule has 0 radical (unpaired) electrons. The molecule has 0 fully saturated rings. The summed E-state index contributed by atoms with van der Waals surface area (Å²) in [5.74, 6) is 0.0248. The highest BCUT2D eigenvalue weighted by atomic mass is 32.1. The van der Waals surface area contributed by atoms with Crippen molar-refractivity contribution in [3.63, 3.8) is 0 Å². The fraction of sp³-hybridized carbons (Fsp3) is 0.294. The molecular weight excluding hydrogens is 282 g/mol. The molecule has 2 aromatic rings. The van der Waals surface area contributed by atoms with Crippen LogP contribution in [0.3, 0.4) is 0 Å². The third-order valence-electron chi connectivity index (χ3n) is 3.44. The van der Waals surface area contributed by atoms with Crippen LogP contribution in [0.5, 0.6) is 0 Å². The zero-order valence-electron chi connectivity index (χ0n) is 12.3. The Bertz CT molecular complexity index is 619. The Hall–Kier alpha value is -1.94. The summed E-state index contributed by atoms with van der Waals surface area (Å²) in [6, 6.07) is 11.2. The molecule has 0 unspecified atom stereocenters. The van der Waals surface area contributed by atoms with Crippen LogP contribution in [0.4, 0.5) is 0 Å². The van der Waals surface area contributed by atoms with Crippen LogP contribution in [0, 0.1) is 6.92 Å². The Kier molecular flexibility index (Phi) is 5.28. The lowest BCUT2D eigenvalue weighted by Gasteiger charge is -2.16. The monoisotopic (exact) mass is 301 g/mol. The third-order valence-corrected chi connectivity index (χ3v) is 4.44. The summed E-state index contributed by atoms with van der Waals surface area (Å²) in [7, 11) is 1.79. The number of nitrogens with zero attached hydrogens (tertiary/aromatic N) is 1. The Morgan fingerprint density at radius 2 is 1.81 bits per heavy atom. The van der Waals surface area contributed by atoms with Gasteiger partial charge < -0.3 is 4.90 Å². The number of Topliss-reactive ketones (excluding diaryl/α,β-unsaturated/α-hetero) is 1. The normalized spacial score (nSPS) is 10.4. The maximum absolute atomic E-state index is 12.1. The van der Waals surface area contributed by atoms with Crippen molar-refractivity contribution in [2.24, 2.45) is 0 Å². The Labute approximate surface area is 129 Å². The maximum atomic E-state index is 12.1. The molecule has 0 N–H and O–H groups in total. The van der Waals surface area contributed by atoms with E-state index in [4.69, 9.17) is 0 Å². The quantitative estimate of drug-likeness (QED) is 0.763. The molecule has 0 aliphatic heterocycles. The molecule has 0 aliphatic carbocycles. The van der Waals surface area contributed by atoms with Gasteiger partial charge in [-0.1, -0.05) is 30.3 Å². The second-order valence-electron chi connectivity index (χ2n) is 5.07. The first-order valence-corrected chi connectivity index (χ1v) is 7.81.